The van der Waals surface area contributed by atoms with E-state index in [0.717, 1.165) is 39.1 Å². The molecule has 0 aromatic heterocycles. The number of hydrogen-bond donors (Lipinski definition) is 0. The number of benzene rings is 1. The lowest BCUT2D eigenvalue weighted by Gasteiger charge is -2.32. The molecule has 0 spiro atoms. The van der Waals surface area contributed by atoms with Crippen LogP contribution in [0.25, 0.3) is 0 Å². The first-order valence-electron chi connectivity index (χ1n) is 11.4. The highest BCUT2D eigenvalue weighted by molar-refractivity contribution is 5.73. The molecule has 1 aromatic rings. The molecule has 176 valence electrons. The van der Waals surface area contributed by atoms with Crippen LogP contribution in [0.4, 0.5) is 4.79 Å². The number of likely N-dealkylation sites (tertiary alicyclic amines) is 1. The minimum Gasteiger partial charge on any atom is -0.444 e. The Kier molecular flexibility index (Phi) is 12.2. The summed E-state index contributed by atoms with van der Waals surface area (Å²) in [5, 5.41) is 0. The average molecular weight is 435 g/mol. The molecule has 0 aliphatic carbocycles. The van der Waals surface area contributed by atoms with E-state index in [4.69, 9.17) is 9.47 Å². The van der Waals surface area contributed by atoms with Gasteiger partial charge in [-0.2, -0.15) is 0 Å². The standard InChI is InChI=1S/C11H21NO3.C7H13NO.C7H8/c1-11(2,3)15-10(13)12(4)9-5-7-14-8-6-9;1-7(9)8-5-3-2-4-6-8;1-7-5-3-2-4-6-7/h9H,5-8H2,1-4H3;2-6H2,1H3;2-6H,1H3. The van der Waals surface area contributed by atoms with Crippen LogP contribution in [-0.2, 0) is 14.3 Å². The quantitative estimate of drug-likeness (QED) is 0.621. The van der Waals surface area contributed by atoms with Gasteiger partial charge in [0, 0.05) is 46.3 Å². The van der Waals surface area contributed by atoms with Crippen molar-refractivity contribution < 1.29 is 19.1 Å². The van der Waals surface area contributed by atoms with Crippen LogP contribution in [0.3, 0.4) is 0 Å². The zero-order chi connectivity index (χ0) is 23.3. The smallest absolute Gasteiger partial charge is 0.410 e. The van der Waals surface area contributed by atoms with Crippen molar-refractivity contribution in [1.82, 2.24) is 9.80 Å². The summed E-state index contributed by atoms with van der Waals surface area (Å²) in [5.41, 5.74) is 0.902. The van der Waals surface area contributed by atoms with Crippen LogP contribution in [-0.4, -0.2) is 66.8 Å². The Balaban J connectivity index is 0.000000254. The molecule has 2 aliphatic heterocycles. The van der Waals surface area contributed by atoms with Gasteiger partial charge in [0.1, 0.15) is 5.60 Å². The number of rotatable bonds is 1. The molecule has 0 bridgehead atoms. The normalized spacial score (nSPS) is 16.8. The van der Waals surface area contributed by atoms with Crippen molar-refractivity contribution >= 4 is 12.0 Å². The van der Waals surface area contributed by atoms with Crippen molar-refractivity contribution in [2.75, 3.05) is 33.4 Å². The molecule has 6 nitrogen and oxygen atoms in total. The molecule has 0 unspecified atom stereocenters. The Morgan fingerprint density at radius 2 is 1.58 bits per heavy atom. The minimum atomic E-state index is -0.420. The average Bonchev–Trinajstić information content (AvgIpc) is 2.75. The first-order valence-corrected chi connectivity index (χ1v) is 11.4. The number of ether oxygens (including phenoxy) is 2. The monoisotopic (exact) mass is 434 g/mol. The van der Waals surface area contributed by atoms with Gasteiger partial charge in [-0.1, -0.05) is 35.9 Å². The molecule has 0 radical (unpaired) electrons. The highest BCUT2D eigenvalue weighted by Gasteiger charge is 2.26. The summed E-state index contributed by atoms with van der Waals surface area (Å²) in [4.78, 5) is 26.1. The van der Waals surface area contributed by atoms with Crippen LogP contribution in [0, 0.1) is 6.92 Å². The van der Waals surface area contributed by atoms with E-state index in [1.807, 2.05) is 43.9 Å². The van der Waals surface area contributed by atoms with Gasteiger partial charge in [0.25, 0.3) is 0 Å². The van der Waals surface area contributed by atoms with E-state index in [1.54, 1.807) is 18.9 Å². The van der Waals surface area contributed by atoms with Crippen LogP contribution < -0.4 is 0 Å². The maximum Gasteiger partial charge on any atom is 0.410 e. The first kappa shape index (κ1) is 27.0. The number of nitrogens with zero attached hydrogens (tertiary/aromatic N) is 2. The second-order valence-corrected chi connectivity index (χ2v) is 9.16. The lowest BCUT2D eigenvalue weighted by molar-refractivity contribution is -0.129. The zero-order valence-corrected chi connectivity index (χ0v) is 20.4. The Labute approximate surface area is 188 Å². The predicted molar refractivity (Wildman–Crippen MR) is 125 cm³/mol. The molecule has 0 saturated carbocycles. The second kappa shape index (κ2) is 14.1. The molecule has 1 aromatic carbocycles. The summed E-state index contributed by atoms with van der Waals surface area (Å²) in [6.45, 7) is 12.8. The van der Waals surface area contributed by atoms with Gasteiger partial charge >= 0.3 is 6.09 Å². The van der Waals surface area contributed by atoms with Gasteiger partial charge in [0.15, 0.2) is 0 Å². The number of hydrogen-bond acceptors (Lipinski definition) is 4. The van der Waals surface area contributed by atoms with E-state index in [9.17, 15) is 9.59 Å². The van der Waals surface area contributed by atoms with Crippen LogP contribution >= 0.6 is 0 Å². The van der Waals surface area contributed by atoms with E-state index < -0.39 is 5.60 Å². The molecular weight excluding hydrogens is 392 g/mol. The van der Waals surface area contributed by atoms with Crippen molar-refractivity contribution in [1.29, 1.82) is 0 Å². The Bertz CT molecular complexity index is 631. The van der Waals surface area contributed by atoms with E-state index >= 15 is 0 Å². The van der Waals surface area contributed by atoms with Gasteiger partial charge in [-0.05, 0) is 59.8 Å². The van der Waals surface area contributed by atoms with Gasteiger partial charge in [-0.3, -0.25) is 4.79 Å². The fourth-order valence-electron chi connectivity index (χ4n) is 3.30. The number of aryl methyl sites for hydroxylation is 1. The highest BCUT2D eigenvalue weighted by Crippen LogP contribution is 2.16. The minimum absolute atomic E-state index is 0.231. The Morgan fingerprint density at radius 1 is 1.03 bits per heavy atom. The fraction of sp³-hybridized carbons (Fsp3) is 0.680. The second-order valence-electron chi connectivity index (χ2n) is 9.16. The number of amides is 2. The van der Waals surface area contributed by atoms with Crippen molar-refractivity contribution in [3.63, 3.8) is 0 Å². The molecule has 3 rings (SSSR count). The molecule has 2 saturated heterocycles. The third-order valence-corrected chi connectivity index (χ3v) is 5.16. The van der Waals surface area contributed by atoms with Gasteiger partial charge < -0.3 is 19.3 Å². The number of carbonyl (C=O) groups is 2. The SMILES string of the molecule is CC(=O)N1CCCCC1.CN(C(=O)OC(C)(C)C)C1CCOCC1.Cc1ccccc1. The predicted octanol–water partition coefficient (Wildman–Crippen LogP) is 5.05. The Hall–Kier alpha value is -2.08. The first-order chi connectivity index (χ1) is 14.6. The summed E-state index contributed by atoms with van der Waals surface area (Å²) in [5.74, 6) is 0.231. The third kappa shape index (κ3) is 12.4. The summed E-state index contributed by atoms with van der Waals surface area (Å²) in [6.07, 6.45) is 5.24. The van der Waals surface area contributed by atoms with E-state index in [-0.39, 0.29) is 18.0 Å². The third-order valence-electron chi connectivity index (χ3n) is 5.16. The van der Waals surface area contributed by atoms with Crippen LogP contribution in [0.2, 0.25) is 0 Å². The van der Waals surface area contributed by atoms with Gasteiger partial charge in [-0.25, -0.2) is 4.79 Å². The highest BCUT2D eigenvalue weighted by atomic mass is 16.6. The maximum atomic E-state index is 11.7. The maximum absolute atomic E-state index is 11.7. The van der Waals surface area contributed by atoms with Gasteiger partial charge in [0.05, 0.1) is 0 Å². The Morgan fingerprint density at radius 3 is 1.97 bits per heavy atom. The molecule has 0 N–H and O–H groups in total. The van der Waals surface area contributed by atoms with Crippen molar-refractivity contribution in [3.8, 4) is 0 Å². The largest absolute Gasteiger partial charge is 0.444 e. The van der Waals surface area contributed by atoms with Crippen LogP contribution in [0.5, 0.6) is 0 Å². The molecule has 2 aliphatic rings. The topological polar surface area (TPSA) is 59.1 Å². The van der Waals surface area contributed by atoms with E-state index in [0.29, 0.717) is 0 Å². The summed E-state index contributed by atoms with van der Waals surface area (Å²) < 4.78 is 10.6. The fourth-order valence-corrected chi connectivity index (χ4v) is 3.30. The summed E-state index contributed by atoms with van der Waals surface area (Å²) in [6, 6.07) is 10.5. The summed E-state index contributed by atoms with van der Waals surface area (Å²) >= 11 is 0. The molecule has 6 heteroatoms. The van der Waals surface area contributed by atoms with Crippen molar-refractivity contribution in [2.45, 2.75) is 78.4 Å². The molecule has 2 amide bonds. The van der Waals surface area contributed by atoms with E-state index in [1.165, 1.54) is 24.8 Å². The zero-order valence-electron chi connectivity index (χ0n) is 20.4. The lowest BCUT2D eigenvalue weighted by Crippen LogP contribution is -2.43. The van der Waals surface area contributed by atoms with Crippen molar-refractivity contribution in [2.24, 2.45) is 0 Å². The number of piperidine rings is 1. The van der Waals surface area contributed by atoms with Crippen LogP contribution in [0.15, 0.2) is 30.3 Å². The van der Waals surface area contributed by atoms with Crippen molar-refractivity contribution in [3.05, 3.63) is 35.9 Å². The van der Waals surface area contributed by atoms with E-state index in [2.05, 4.69) is 19.1 Å². The molecule has 31 heavy (non-hydrogen) atoms. The molecule has 2 heterocycles. The van der Waals surface area contributed by atoms with Gasteiger partial charge in [0.2, 0.25) is 5.91 Å². The molecular formula is C25H42N2O4. The molecule has 2 fully saturated rings. The van der Waals surface area contributed by atoms with Gasteiger partial charge in [-0.15, -0.1) is 0 Å². The number of carbonyl (C=O) groups excluding carboxylic acids is 2. The summed E-state index contributed by atoms with van der Waals surface area (Å²) in [7, 11) is 1.80. The van der Waals surface area contributed by atoms with Crippen LogP contribution in [0.1, 0.15) is 65.4 Å². The molecule has 0 atom stereocenters. The lowest BCUT2D eigenvalue weighted by atomic mass is 10.1.